The molecule has 11 nitrogen and oxygen atoms in total. The first-order valence-electron chi connectivity index (χ1n) is 9.48. The highest BCUT2D eigenvalue weighted by Crippen LogP contribution is 2.36. The lowest BCUT2D eigenvalue weighted by Gasteiger charge is -2.19. The molecule has 1 aliphatic carbocycles. The van der Waals surface area contributed by atoms with Gasteiger partial charge in [0, 0.05) is 6.07 Å². The van der Waals surface area contributed by atoms with Gasteiger partial charge < -0.3 is 10.1 Å². The van der Waals surface area contributed by atoms with E-state index >= 15 is 0 Å². The van der Waals surface area contributed by atoms with Crippen molar-refractivity contribution in [3.63, 3.8) is 0 Å². The van der Waals surface area contributed by atoms with Crippen LogP contribution in [0.4, 0.5) is 5.69 Å². The van der Waals surface area contributed by atoms with Gasteiger partial charge in [-0.1, -0.05) is 30.0 Å². The normalized spacial score (nSPS) is 14.4. The summed E-state index contributed by atoms with van der Waals surface area (Å²) in [6.45, 7) is 3.41. The number of nitrogens with one attached hydrogen (secondary N) is 1. The number of nitro groups is 1. The van der Waals surface area contributed by atoms with Crippen molar-refractivity contribution >= 4 is 29.3 Å². The number of amides is 1. The number of carbonyl (C=O) groups excluding carboxylic acids is 2. The molecule has 1 amide bonds. The number of esters is 1. The second-order valence-electron chi connectivity index (χ2n) is 7.10. The molecule has 160 valence electrons. The molecule has 1 N–H and O–H groups in total. The molecule has 12 heteroatoms. The van der Waals surface area contributed by atoms with Crippen LogP contribution < -0.4 is 5.32 Å². The minimum absolute atomic E-state index is 0.00343. The van der Waals surface area contributed by atoms with Crippen molar-refractivity contribution in [1.29, 1.82) is 0 Å². The van der Waals surface area contributed by atoms with Crippen LogP contribution in [-0.2, 0) is 14.3 Å². The van der Waals surface area contributed by atoms with E-state index in [2.05, 4.69) is 20.8 Å². The van der Waals surface area contributed by atoms with Crippen molar-refractivity contribution in [3.05, 3.63) is 39.9 Å². The van der Waals surface area contributed by atoms with Crippen LogP contribution in [0.2, 0.25) is 0 Å². The molecule has 0 aliphatic heterocycles. The lowest BCUT2D eigenvalue weighted by atomic mass is 10.0. The van der Waals surface area contributed by atoms with Gasteiger partial charge >= 0.3 is 5.97 Å². The second kappa shape index (κ2) is 9.65. The van der Waals surface area contributed by atoms with Crippen LogP contribution in [0.5, 0.6) is 0 Å². The topological polar surface area (TPSA) is 142 Å². The first kappa shape index (κ1) is 21.7. The number of hydrogen-bond donors (Lipinski definition) is 1. The number of benzene rings is 1. The Kier molecular flexibility index (Phi) is 6.98. The highest BCUT2D eigenvalue weighted by molar-refractivity contribution is 7.99. The van der Waals surface area contributed by atoms with Gasteiger partial charge in [0.1, 0.15) is 0 Å². The monoisotopic (exact) mass is 434 g/mol. The summed E-state index contributed by atoms with van der Waals surface area (Å²) in [5.74, 6) is -0.951. The number of carbonyl (C=O) groups is 2. The number of hydrogen-bond acceptors (Lipinski definition) is 9. The molecule has 2 aromatic rings. The molecule has 1 aromatic heterocycles. The average molecular weight is 434 g/mol. The maximum Gasteiger partial charge on any atom is 0.308 e. The molecule has 1 heterocycles. The Hall–Kier alpha value is -3.02. The molecule has 1 fully saturated rings. The smallest absolute Gasteiger partial charge is 0.308 e. The highest BCUT2D eigenvalue weighted by atomic mass is 32.2. The van der Waals surface area contributed by atoms with E-state index in [0.29, 0.717) is 5.16 Å². The lowest BCUT2D eigenvalue weighted by Crippen LogP contribution is -2.32. The molecular weight excluding hydrogens is 412 g/mol. The minimum atomic E-state index is -0.898. The molecule has 1 aliphatic rings. The van der Waals surface area contributed by atoms with E-state index in [1.165, 1.54) is 30.0 Å². The SMILES string of the molecule is CC(C)OC(=O)CC(NC(=O)CSc1nnnn1C1CC1)c1ccccc1[N+](=O)[O-]. The van der Waals surface area contributed by atoms with Crippen LogP contribution in [0.3, 0.4) is 0 Å². The highest BCUT2D eigenvalue weighted by Gasteiger charge is 2.29. The molecule has 1 atom stereocenters. The standard InChI is InChI=1S/C18H22N6O5S/c1-11(2)29-17(26)9-14(13-5-3-4-6-15(13)24(27)28)19-16(25)10-30-18-20-21-22-23(18)12-7-8-12/h3-6,11-12,14H,7-10H2,1-2H3,(H,19,25). The van der Waals surface area contributed by atoms with Crippen LogP contribution in [0.25, 0.3) is 0 Å². The van der Waals surface area contributed by atoms with Gasteiger partial charge in [-0.15, -0.1) is 5.10 Å². The van der Waals surface area contributed by atoms with E-state index in [9.17, 15) is 19.7 Å². The van der Waals surface area contributed by atoms with Gasteiger partial charge in [0.05, 0.1) is 40.8 Å². The zero-order chi connectivity index (χ0) is 21.7. The summed E-state index contributed by atoms with van der Waals surface area (Å²) in [4.78, 5) is 35.6. The average Bonchev–Trinajstić information content (AvgIpc) is 3.43. The van der Waals surface area contributed by atoms with E-state index in [0.717, 1.165) is 12.8 Å². The Labute approximate surface area is 176 Å². The molecule has 1 saturated carbocycles. The maximum absolute atomic E-state index is 12.6. The Morgan fingerprint density at radius 3 is 2.77 bits per heavy atom. The molecule has 1 aromatic carbocycles. The summed E-state index contributed by atoms with van der Waals surface area (Å²) in [6.07, 6.45) is 1.45. The molecule has 0 saturated heterocycles. The maximum atomic E-state index is 12.6. The van der Waals surface area contributed by atoms with E-state index in [4.69, 9.17) is 4.74 Å². The second-order valence-corrected chi connectivity index (χ2v) is 8.05. The van der Waals surface area contributed by atoms with Crippen LogP contribution in [0, 0.1) is 10.1 Å². The van der Waals surface area contributed by atoms with E-state index in [-0.39, 0.29) is 35.6 Å². The first-order chi connectivity index (χ1) is 14.3. The predicted molar refractivity (Wildman–Crippen MR) is 107 cm³/mol. The van der Waals surface area contributed by atoms with Crippen molar-refractivity contribution in [3.8, 4) is 0 Å². The third-order valence-electron chi connectivity index (χ3n) is 4.27. The number of rotatable bonds is 10. The molecule has 0 spiro atoms. The van der Waals surface area contributed by atoms with Crippen LogP contribution in [0.1, 0.15) is 50.8 Å². The number of nitro benzene ring substituents is 1. The molecular formula is C18H22N6O5S. The quantitative estimate of drug-likeness (QED) is 0.258. The summed E-state index contributed by atoms with van der Waals surface area (Å²) >= 11 is 1.17. The summed E-state index contributed by atoms with van der Waals surface area (Å²) in [5, 5.41) is 26.2. The zero-order valence-electron chi connectivity index (χ0n) is 16.6. The van der Waals surface area contributed by atoms with Crippen molar-refractivity contribution in [2.45, 2.75) is 56.5 Å². The van der Waals surface area contributed by atoms with E-state index in [1.807, 2.05) is 0 Å². The summed E-state index contributed by atoms with van der Waals surface area (Å²) in [5.41, 5.74) is 0.0647. The van der Waals surface area contributed by atoms with E-state index < -0.39 is 22.8 Å². The van der Waals surface area contributed by atoms with Gasteiger partial charge in [-0.25, -0.2) is 4.68 Å². The number of para-hydroxylation sites is 1. The lowest BCUT2D eigenvalue weighted by molar-refractivity contribution is -0.385. The number of aromatic nitrogens is 4. The van der Waals surface area contributed by atoms with Crippen LogP contribution in [-0.4, -0.2) is 48.9 Å². The first-order valence-corrected chi connectivity index (χ1v) is 10.5. The van der Waals surface area contributed by atoms with E-state index in [1.54, 1.807) is 24.6 Å². The summed E-state index contributed by atoms with van der Waals surface area (Å²) in [6, 6.07) is 5.38. The summed E-state index contributed by atoms with van der Waals surface area (Å²) < 4.78 is 6.85. The zero-order valence-corrected chi connectivity index (χ0v) is 17.4. The fourth-order valence-electron chi connectivity index (χ4n) is 2.86. The van der Waals surface area contributed by atoms with Gasteiger partial charge in [0.2, 0.25) is 11.1 Å². The van der Waals surface area contributed by atoms with Gasteiger partial charge in [-0.05, 0) is 37.1 Å². The number of nitrogens with zero attached hydrogens (tertiary/aromatic N) is 5. The van der Waals surface area contributed by atoms with Crippen molar-refractivity contribution < 1.29 is 19.2 Å². The fourth-order valence-corrected chi connectivity index (χ4v) is 3.62. The third kappa shape index (κ3) is 5.75. The Morgan fingerprint density at radius 2 is 2.10 bits per heavy atom. The molecule has 1 unspecified atom stereocenters. The van der Waals surface area contributed by atoms with Gasteiger partial charge in [0.25, 0.3) is 5.69 Å². The van der Waals surface area contributed by atoms with Crippen molar-refractivity contribution in [1.82, 2.24) is 25.5 Å². The van der Waals surface area contributed by atoms with Crippen molar-refractivity contribution in [2.24, 2.45) is 0 Å². The Morgan fingerprint density at radius 1 is 1.37 bits per heavy atom. The predicted octanol–water partition coefficient (Wildman–Crippen LogP) is 2.21. The number of tetrazole rings is 1. The largest absolute Gasteiger partial charge is 0.463 e. The molecule has 3 rings (SSSR count). The van der Waals surface area contributed by atoms with Gasteiger partial charge in [0.15, 0.2) is 0 Å². The van der Waals surface area contributed by atoms with Crippen molar-refractivity contribution in [2.75, 3.05) is 5.75 Å². The Bertz CT molecular complexity index is 929. The Balaban J connectivity index is 1.71. The number of ether oxygens (including phenoxy) is 1. The minimum Gasteiger partial charge on any atom is -0.463 e. The number of thioether (sulfide) groups is 1. The third-order valence-corrected chi connectivity index (χ3v) is 5.20. The molecule has 30 heavy (non-hydrogen) atoms. The van der Waals surface area contributed by atoms with Gasteiger partial charge in [-0.3, -0.25) is 19.7 Å². The van der Waals surface area contributed by atoms with Crippen LogP contribution >= 0.6 is 11.8 Å². The molecule has 0 radical (unpaired) electrons. The van der Waals surface area contributed by atoms with Gasteiger partial charge in [-0.2, -0.15) is 0 Å². The van der Waals surface area contributed by atoms with Crippen LogP contribution in [0.15, 0.2) is 29.4 Å². The summed E-state index contributed by atoms with van der Waals surface area (Å²) in [7, 11) is 0. The molecule has 0 bridgehead atoms. The fraction of sp³-hybridized carbons (Fsp3) is 0.500.